The molecule has 0 aliphatic rings. The molecule has 88 valence electrons. The van der Waals surface area contributed by atoms with E-state index in [1.807, 2.05) is 13.8 Å². The number of carbonyl (C=O) groups is 2. The van der Waals surface area contributed by atoms with Gasteiger partial charge in [-0.15, -0.1) is 0 Å². The van der Waals surface area contributed by atoms with Crippen molar-refractivity contribution in [2.45, 2.75) is 39.7 Å². The van der Waals surface area contributed by atoms with E-state index in [0.717, 1.165) is 0 Å². The zero-order chi connectivity index (χ0) is 12.1. The predicted molar refractivity (Wildman–Crippen MR) is 55.7 cm³/mol. The lowest BCUT2D eigenvalue weighted by molar-refractivity contribution is -0.144. The smallest absolute Gasteiger partial charge is 0.408 e. The standard InChI is InChI=1S/C10H19NO4/c1-5-10(4,8(12)13)11-9(14)15-6-7(2)3/h7H,5-6H2,1-4H3,(H,11,14)(H,12,13). The summed E-state index contributed by atoms with van der Waals surface area (Å²) in [7, 11) is 0. The first-order valence-electron chi connectivity index (χ1n) is 5.00. The van der Waals surface area contributed by atoms with Gasteiger partial charge < -0.3 is 15.2 Å². The summed E-state index contributed by atoms with van der Waals surface area (Å²) in [6, 6.07) is 0. The number of amides is 1. The summed E-state index contributed by atoms with van der Waals surface area (Å²) in [5.74, 6) is -0.833. The van der Waals surface area contributed by atoms with Crippen LogP contribution in [0.1, 0.15) is 34.1 Å². The van der Waals surface area contributed by atoms with Gasteiger partial charge in [0.15, 0.2) is 0 Å². The Kier molecular flexibility index (Phi) is 5.11. The van der Waals surface area contributed by atoms with Crippen molar-refractivity contribution in [3.8, 4) is 0 Å². The van der Waals surface area contributed by atoms with E-state index in [2.05, 4.69) is 5.32 Å². The molecule has 0 aromatic heterocycles. The number of aliphatic carboxylic acids is 1. The van der Waals surface area contributed by atoms with Crippen LogP contribution in [-0.4, -0.2) is 29.3 Å². The maximum atomic E-state index is 11.2. The number of ether oxygens (including phenoxy) is 1. The largest absolute Gasteiger partial charge is 0.480 e. The first kappa shape index (κ1) is 13.7. The summed E-state index contributed by atoms with van der Waals surface area (Å²) >= 11 is 0. The Morgan fingerprint density at radius 2 is 2.00 bits per heavy atom. The monoisotopic (exact) mass is 217 g/mol. The van der Waals surface area contributed by atoms with Crippen LogP contribution in [-0.2, 0) is 9.53 Å². The average Bonchev–Trinajstić information content (AvgIpc) is 2.14. The fraction of sp³-hybridized carbons (Fsp3) is 0.800. The highest BCUT2D eigenvalue weighted by atomic mass is 16.5. The van der Waals surface area contributed by atoms with Gasteiger partial charge in [-0.2, -0.15) is 0 Å². The molecule has 0 fully saturated rings. The molecule has 0 aliphatic carbocycles. The third-order valence-corrected chi connectivity index (χ3v) is 2.10. The topological polar surface area (TPSA) is 75.6 Å². The van der Waals surface area contributed by atoms with Gasteiger partial charge in [0.1, 0.15) is 5.54 Å². The number of nitrogens with one attached hydrogen (secondary N) is 1. The van der Waals surface area contributed by atoms with Gasteiger partial charge in [0.05, 0.1) is 6.61 Å². The van der Waals surface area contributed by atoms with Crippen LogP contribution in [0.5, 0.6) is 0 Å². The lowest BCUT2D eigenvalue weighted by Gasteiger charge is -2.24. The van der Waals surface area contributed by atoms with E-state index in [1.165, 1.54) is 6.92 Å². The fourth-order valence-corrected chi connectivity index (χ4v) is 0.797. The van der Waals surface area contributed by atoms with Crippen LogP contribution in [0.4, 0.5) is 4.79 Å². The van der Waals surface area contributed by atoms with Crippen molar-refractivity contribution in [3.63, 3.8) is 0 Å². The van der Waals surface area contributed by atoms with Crippen LogP contribution in [0.25, 0.3) is 0 Å². The van der Waals surface area contributed by atoms with Crippen LogP contribution in [0, 0.1) is 5.92 Å². The molecule has 15 heavy (non-hydrogen) atoms. The molecule has 0 rings (SSSR count). The molecule has 2 N–H and O–H groups in total. The first-order valence-corrected chi connectivity index (χ1v) is 5.00. The number of rotatable bonds is 5. The second-order valence-corrected chi connectivity index (χ2v) is 4.11. The van der Waals surface area contributed by atoms with Crippen molar-refractivity contribution in [2.75, 3.05) is 6.61 Å². The van der Waals surface area contributed by atoms with Gasteiger partial charge >= 0.3 is 12.1 Å². The summed E-state index contributed by atoms with van der Waals surface area (Å²) in [5.41, 5.74) is -1.26. The van der Waals surface area contributed by atoms with Crippen LogP contribution in [0.2, 0.25) is 0 Å². The molecule has 0 heterocycles. The number of carbonyl (C=O) groups excluding carboxylic acids is 1. The Labute approximate surface area is 89.8 Å². The van der Waals surface area contributed by atoms with Crippen LogP contribution in [0.15, 0.2) is 0 Å². The van der Waals surface area contributed by atoms with Crippen molar-refractivity contribution in [1.82, 2.24) is 5.32 Å². The molecule has 1 amide bonds. The van der Waals surface area contributed by atoms with Gasteiger partial charge in [-0.3, -0.25) is 0 Å². The first-order chi connectivity index (χ1) is 6.81. The Bertz CT molecular complexity index is 240. The van der Waals surface area contributed by atoms with E-state index < -0.39 is 17.6 Å². The van der Waals surface area contributed by atoms with E-state index in [0.29, 0.717) is 6.42 Å². The molecule has 0 aromatic rings. The maximum absolute atomic E-state index is 11.2. The highest BCUT2D eigenvalue weighted by molar-refractivity contribution is 5.83. The molecule has 5 heteroatoms. The molecule has 0 radical (unpaired) electrons. The fourth-order valence-electron chi connectivity index (χ4n) is 0.797. The average molecular weight is 217 g/mol. The molecule has 0 spiro atoms. The summed E-state index contributed by atoms with van der Waals surface area (Å²) in [6.07, 6.45) is -0.380. The van der Waals surface area contributed by atoms with Crippen molar-refractivity contribution < 1.29 is 19.4 Å². The minimum absolute atomic E-state index is 0.230. The van der Waals surface area contributed by atoms with Crippen molar-refractivity contribution in [1.29, 1.82) is 0 Å². The highest BCUT2D eigenvalue weighted by Gasteiger charge is 2.33. The van der Waals surface area contributed by atoms with Crippen molar-refractivity contribution in [3.05, 3.63) is 0 Å². The van der Waals surface area contributed by atoms with E-state index in [4.69, 9.17) is 9.84 Å². The number of hydrogen-bond acceptors (Lipinski definition) is 3. The molecule has 0 saturated heterocycles. The molecular weight excluding hydrogens is 198 g/mol. The summed E-state index contributed by atoms with van der Waals surface area (Å²) < 4.78 is 4.84. The highest BCUT2D eigenvalue weighted by Crippen LogP contribution is 2.09. The van der Waals surface area contributed by atoms with Crippen molar-refractivity contribution in [2.24, 2.45) is 5.92 Å². The van der Waals surface area contributed by atoms with Crippen LogP contribution in [0.3, 0.4) is 0 Å². The zero-order valence-electron chi connectivity index (χ0n) is 9.66. The molecule has 1 atom stereocenters. The van der Waals surface area contributed by atoms with Gasteiger partial charge in [-0.05, 0) is 19.3 Å². The number of hydrogen-bond donors (Lipinski definition) is 2. The number of carboxylic acid groups (broad SMARTS) is 1. The van der Waals surface area contributed by atoms with Gasteiger partial charge in [0.25, 0.3) is 0 Å². The Balaban J connectivity index is 4.19. The third kappa shape index (κ3) is 4.67. The van der Waals surface area contributed by atoms with Gasteiger partial charge in [-0.1, -0.05) is 20.8 Å². The Morgan fingerprint density at radius 3 is 2.33 bits per heavy atom. The lowest BCUT2D eigenvalue weighted by atomic mass is 10.00. The molecule has 0 aromatic carbocycles. The van der Waals surface area contributed by atoms with E-state index >= 15 is 0 Å². The zero-order valence-corrected chi connectivity index (χ0v) is 9.66. The minimum atomic E-state index is -1.26. The maximum Gasteiger partial charge on any atom is 0.408 e. The molecule has 0 saturated carbocycles. The molecule has 5 nitrogen and oxygen atoms in total. The number of alkyl carbamates (subject to hydrolysis) is 1. The predicted octanol–water partition coefficient (Wildman–Crippen LogP) is 1.62. The summed E-state index contributed by atoms with van der Waals surface area (Å²) in [5, 5.41) is 11.2. The molecule has 1 unspecified atom stereocenters. The minimum Gasteiger partial charge on any atom is -0.480 e. The van der Waals surface area contributed by atoms with Crippen LogP contribution < -0.4 is 5.32 Å². The Hall–Kier alpha value is -1.26. The van der Waals surface area contributed by atoms with Crippen molar-refractivity contribution >= 4 is 12.1 Å². The Morgan fingerprint density at radius 1 is 1.47 bits per heavy atom. The molecule has 0 bridgehead atoms. The SMILES string of the molecule is CCC(C)(NC(=O)OCC(C)C)C(=O)O. The van der Waals surface area contributed by atoms with Gasteiger partial charge in [0, 0.05) is 0 Å². The summed E-state index contributed by atoms with van der Waals surface area (Å²) in [4.78, 5) is 22.1. The van der Waals surface area contributed by atoms with Gasteiger partial charge in [0.2, 0.25) is 0 Å². The third-order valence-electron chi connectivity index (χ3n) is 2.10. The molecular formula is C10H19NO4. The molecule has 0 aliphatic heterocycles. The normalized spacial score (nSPS) is 14.5. The number of carboxylic acids is 1. The van der Waals surface area contributed by atoms with E-state index in [9.17, 15) is 9.59 Å². The van der Waals surface area contributed by atoms with E-state index in [1.54, 1.807) is 6.92 Å². The second-order valence-electron chi connectivity index (χ2n) is 4.11. The quantitative estimate of drug-likeness (QED) is 0.733. The van der Waals surface area contributed by atoms with Crippen LogP contribution >= 0.6 is 0 Å². The van der Waals surface area contributed by atoms with E-state index in [-0.39, 0.29) is 12.5 Å². The lowest BCUT2D eigenvalue weighted by Crippen LogP contribution is -2.52. The summed E-state index contributed by atoms with van der Waals surface area (Å²) in [6.45, 7) is 7.24. The second kappa shape index (κ2) is 5.58. The van der Waals surface area contributed by atoms with Gasteiger partial charge in [-0.25, -0.2) is 9.59 Å².